The quantitative estimate of drug-likeness (QED) is 0.732. The first-order valence-electron chi connectivity index (χ1n) is 9.69. The molecule has 1 saturated carbocycles. The van der Waals surface area contributed by atoms with Crippen LogP contribution in [0.3, 0.4) is 0 Å². The number of carbonyl (C=O) groups is 2. The van der Waals surface area contributed by atoms with E-state index in [9.17, 15) is 14.7 Å². The molecule has 0 spiro atoms. The molecule has 1 amide bonds. The number of anilines is 1. The van der Waals surface area contributed by atoms with E-state index in [4.69, 9.17) is 9.72 Å². The van der Waals surface area contributed by atoms with Crippen LogP contribution in [0.15, 0.2) is 48.5 Å². The Morgan fingerprint density at radius 1 is 1.14 bits per heavy atom. The van der Waals surface area contributed by atoms with E-state index in [1.807, 2.05) is 36.4 Å². The van der Waals surface area contributed by atoms with Crippen LogP contribution in [0.1, 0.15) is 46.3 Å². The van der Waals surface area contributed by atoms with Crippen LogP contribution in [0.4, 0.5) is 5.69 Å². The van der Waals surface area contributed by atoms with Crippen LogP contribution in [0.25, 0.3) is 10.9 Å². The number of carbonyl (C=O) groups excluding carboxylic acids is 1. The lowest BCUT2D eigenvalue weighted by Gasteiger charge is -2.19. The molecule has 1 N–H and O–H groups in total. The summed E-state index contributed by atoms with van der Waals surface area (Å²) in [5.41, 5.74) is 3.54. The minimum atomic E-state index is -0.923. The Morgan fingerprint density at radius 3 is 2.66 bits per heavy atom. The van der Waals surface area contributed by atoms with Crippen LogP contribution in [0.2, 0.25) is 0 Å². The largest absolute Gasteiger partial charge is 0.497 e. The number of amides is 1. The van der Waals surface area contributed by atoms with Crippen molar-refractivity contribution >= 4 is 28.5 Å². The van der Waals surface area contributed by atoms with Crippen molar-refractivity contribution in [1.29, 1.82) is 0 Å². The molecule has 2 aliphatic rings. The molecule has 1 aromatic heterocycles. The second-order valence-electron chi connectivity index (χ2n) is 7.62. The number of hydrogen-bond donors (Lipinski definition) is 1. The number of rotatable bonds is 4. The summed E-state index contributed by atoms with van der Waals surface area (Å²) in [7, 11) is 1.59. The molecule has 0 radical (unpaired) electrons. The summed E-state index contributed by atoms with van der Waals surface area (Å²) in [4.78, 5) is 31.7. The van der Waals surface area contributed by atoms with Gasteiger partial charge in [-0.05, 0) is 48.7 Å². The standard InChI is InChI=1S/C23H20N2O4/c1-29-14-8-9-19-16(10-14)17(11-20(24-19)13-6-7-13)22(26)25-12-18(23(27)28)15-4-2-3-5-21(15)25/h2-5,8-11,13,18H,6-7,12H2,1H3,(H,27,28). The summed E-state index contributed by atoms with van der Waals surface area (Å²) in [5, 5.41) is 10.3. The molecule has 146 valence electrons. The number of aliphatic carboxylic acids is 1. The van der Waals surface area contributed by atoms with Crippen LogP contribution in [-0.2, 0) is 4.79 Å². The number of aromatic nitrogens is 1. The Balaban J connectivity index is 1.65. The minimum absolute atomic E-state index is 0.125. The third-order valence-electron chi connectivity index (χ3n) is 5.77. The molecule has 1 aliphatic carbocycles. The first-order chi connectivity index (χ1) is 14.1. The van der Waals surface area contributed by atoms with Crippen molar-refractivity contribution in [3.63, 3.8) is 0 Å². The number of benzene rings is 2. The molecule has 1 unspecified atom stereocenters. The Bertz CT molecular complexity index is 1150. The van der Waals surface area contributed by atoms with Crippen LogP contribution >= 0.6 is 0 Å². The van der Waals surface area contributed by atoms with Crippen LogP contribution in [0.5, 0.6) is 5.75 Å². The molecule has 29 heavy (non-hydrogen) atoms. The molecule has 1 aliphatic heterocycles. The summed E-state index contributed by atoms with van der Waals surface area (Å²) in [6, 6.07) is 14.6. The van der Waals surface area contributed by atoms with Crippen molar-refractivity contribution in [2.45, 2.75) is 24.7 Å². The highest BCUT2D eigenvalue weighted by Crippen LogP contribution is 2.42. The van der Waals surface area contributed by atoms with E-state index in [0.29, 0.717) is 28.5 Å². The topological polar surface area (TPSA) is 79.7 Å². The molecule has 2 aromatic carbocycles. The summed E-state index contributed by atoms with van der Waals surface area (Å²) >= 11 is 0. The molecule has 1 atom stereocenters. The van der Waals surface area contributed by atoms with Gasteiger partial charge in [-0.1, -0.05) is 18.2 Å². The third kappa shape index (κ3) is 2.92. The number of fused-ring (bicyclic) bond motifs is 2. The van der Waals surface area contributed by atoms with Crippen molar-refractivity contribution in [2.24, 2.45) is 0 Å². The van der Waals surface area contributed by atoms with E-state index in [1.54, 1.807) is 24.1 Å². The van der Waals surface area contributed by atoms with E-state index >= 15 is 0 Å². The highest BCUT2D eigenvalue weighted by molar-refractivity contribution is 6.15. The first kappa shape index (κ1) is 17.7. The van der Waals surface area contributed by atoms with Crippen LogP contribution in [-0.4, -0.2) is 35.6 Å². The number of carboxylic acid groups (broad SMARTS) is 1. The summed E-state index contributed by atoms with van der Waals surface area (Å²) < 4.78 is 5.35. The zero-order chi connectivity index (χ0) is 20.1. The molecule has 0 bridgehead atoms. The monoisotopic (exact) mass is 388 g/mol. The molecular formula is C23H20N2O4. The lowest BCUT2D eigenvalue weighted by molar-refractivity contribution is -0.138. The van der Waals surface area contributed by atoms with Gasteiger partial charge in [0.2, 0.25) is 0 Å². The molecule has 6 nitrogen and oxygen atoms in total. The SMILES string of the molecule is COc1ccc2nc(C3CC3)cc(C(=O)N3CC(C(=O)O)c4ccccc43)c2c1. The molecule has 3 aromatic rings. The molecular weight excluding hydrogens is 368 g/mol. The molecule has 5 rings (SSSR count). The highest BCUT2D eigenvalue weighted by Gasteiger charge is 2.37. The van der Waals surface area contributed by atoms with Gasteiger partial charge < -0.3 is 14.7 Å². The smallest absolute Gasteiger partial charge is 0.312 e. The maximum absolute atomic E-state index is 13.7. The van der Waals surface area contributed by atoms with Crippen LogP contribution < -0.4 is 9.64 Å². The van der Waals surface area contributed by atoms with Gasteiger partial charge in [0.1, 0.15) is 11.7 Å². The van der Waals surface area contributed by atoms with Crippen molar-refractivity contribution in [3.8, 4) is 5.75 Å². The van der Waals surface area contributed by atoms with Gasteiger partial charge in [-0.2, -0.15) is 0 Å². The van der Waals surface area contributed by atoms with Gasteiger partial charge in [-0.15, -0.1) is 0 Å². The average Bonchev–Trinajstić information content (AvgIpc) is 3.52. The lowest BCUT2D eigenvalue weighted by atomic mass is 10.0. The normalized spacial score (nSPS) is 18.0. The number of pyridine rings is 1. The molecule has 1 fully saturated rings. The van der Waals surface area contributed by atoms with E-state index in [2.05, 4.69) is 0 Å². The van der Waals surface area contributed by atoms with Gasteiger partial charge in [0, 0.05) is 29.2 Å². The van der Waals surface area contributed by atoms with E-state index in [1.165, 1.54) is 0 Å². The van der Waals surface area contributed by atoms with Crippen molar-refractivity contribution < 1.29 is 19.4 Å². The summed E-state index contributed by atoms with van der Waals surface area (Å²) in [6.07, 6.45) is 2.16. The Morgan fingerprint density at radius 2 is 1.93 bits per heavy atom. The van der Waals surface area contributed by atoms with Gasteiger partial charge in [0.25, 0.3) is 5.91 Å². The number of nitrogens with zero attached hydrogens (tertiary/aromatic N) is 2. The van der Waals surface area contributed by atoms with Gasteiger partial charge in [0.05, 0.1) is 18.2 Å². The predicted octanol–water partition coefficient (Wildman–Crippen LogP) is 3.95. The summed E-state index contributed by atoms with van der Waals surface area (Å²) in [5.74, 6) is -0.805. The maximum atomic E-state index is 13.7. The fourth-order valence-corrected chi connectivity index (χ4v) is 4.07. The lowest BCUT2D eigenvalue weighted by Crippen LogP contribution is -2.31. The van der Waals surface area contributed by atoms with E-state index in [-0.39, 0.29) is 12.5 Å². The summed E-state index contributed by atoms with van der Waals surface area (Å²) in [6.45, 7) is 0.125. The fraction of sp³-hybridized carbons (Fsp3) is 0.261. The van der Waals surface area contributed by atoms with Crippen LogP contribution in [0, 0.1) is 0 Å². The van der Waals surface area contributed by atoms with E-state index < -0.39 is 11.9 Å². The molecule has 0 saturated heterocycles. The highest BCUT2D eigenvalue weighted by atomic mass is 16.5. The minimum Gasteiger partial charge on any atom is -0.497 e. The number of para-hydroxylation sites is 1. The Labute approximate surface area is 167 Å². The first-order valence-corrected chi connectivity index (χ1v) is 9.69. The fourth-order valence-electron chi connectivity index (χ4n) is 4.07. The number of carboxylic acids is 1. The predicted molar refractivity (Wildman–Crippen MR) is 109 cm³/mol. The molecule has 6 heteroatoms. The van der Waals surface area contributed by atoms with Crippen molar-refractivity contribution in [1.82, 2.24) is 4.98 Å². The maximum Gasteiger partial charge on any atom is 0.312 e. The second kappa shape index (κ2) is 6.58. The Kier molecular flexibility index (Phi) is 4.01. The Hall–Kier alpha value is -3.41. The second-order valence-corrected chi connectivity index (χ2v) is 7.62. The zero-order valence-electron chi connectivity index (χ0n) is 16.0. The van der Waals surface area contributed by atoms with Gasteiger partial charge >= 0.3 is 5.97 Å². The third-order valence-corrected chi connectivity index (χ3v) is 5.77. The number of methoxy groups -OCH3 is 1. The van der Waals surface area contributed by atoms with Gasteiger partial charge in [-0.25, -0.2) is 0 Å². The van der Waals surface area contributed by atoms with Crippen molar-refractivity contribution in [3.05, 3.63) is 65.4 Å². The molecule has 2 heterocycles. The van der Waals surface area contributed by atoms with E-state index in [0.717, 1.165) is 29.4 Å². The van der Waals surface area contributed by atoms with Gasteiger partial charge in [-0.3, -0.25) is 14.6 Å². The number of hydrogen-bond acceptors (Lipinski definition) is 4. The zero-order valence-corrected chi connectivity index (χ0v) is 16.0. The number of ether oxygens (including phenoxy) is 1. The van der Waals surface area contributed by atoms with Crippen molar-refractivity contribution in [2.75, 3.05) is 18.6 Å². The van der Waals surface area contributed by atoms with Gasteiger partial charge in [0.15, 0.2) is 0 Å². The average molecular weight is 388 g/mol.